The van der Waals surface area contributed by atoms with Gasteiger partial charge in [0.25, 0.3) is 11.1 Å². The number of nitrogens with zero attached hydrogens (tertiary/aromatic N) is 18. The first-order valence-corrected chi connectivity index (χ1v) is 26.9. The van der Waals surface area contributed by atoms with Gasteiger partial charge >= 0.3 is 22.8 Å². The molecule has 24 nitrogen and oxygen atoms in total. The van der Waals surface area contributed by atoms with Gasteiger partial charge in [0, 0.05) is 48.4 Å². The molecule has 0 N–H and O–H groups in total. The van der Waals surface area contributed by atoms with Crippen LogP contribution in [0.1, 0.15) is 272 Å². The van der Waals surface area contributed by atoms with Crippen molar-refractivity contribution in [1.82, 2.24) is 88.6 Å². The molecule has 0 aliphatic carbocycles. The Balaban J connectivity index is 0.000000468. The quantitative estimate of drug-likeness (QED) is 0.112. The Morgan fingerprint density at radius 1 is 0.308 bits per heavy atom. The molecule has 0 bridgehead atoms. The first kappa shape index (κ1) is 68.9. The first-order chi connectivity index (χ1) is 36.1. The summed E-state index contributed by atoms with van der Waals surface area (Å²) in [6, 6.07) is 0.898. The highest BCUT2D eigenvalue weighted by molar-refractivity contribution is 5.02. The molecule has 0 saturated heterocycles. The summed E-state index contributed by atoms with van der Waals surface area (Å²) in [6.07, 6.45) is 9.63. The van der Waals surface area contributed by atoms with Crippen molar-refractivity contribution >= 4 is 0 Å². The maximum atomic E-state index is 11.2. The molecule has 6 aromatic heterocycles. The normalized spacial score (nSPS) is 11.2. The van der Waals surface area contributed by atoms with E-state index in [0.29, 0.717) is 35.1 Å². The van der Waals surface area contributed by atoms with Crippen molar-refractivity contribution in [2.45, 2.75) is 238 Å². The zero-order valence-corrected chi connectivity index (χ0v) is 50.9. The SMILES string of the molecule is CC(C)c1cn(C(C)C)c(=O)nn1.CC(C)c1cn(C(C)C)c(=O)nn1.CC(C)c1cnc(=O)n(C(C)C)n1.CC(C)c1cnc(=O)n(C(C)C)n1.CC(C)c1nn(C(C)C)cnc1=O.CC(C)c1nn(C(C)C)cnc1=O. The fourth-order valence-corrected chi connectivity index (χ4v) is 5.93. The predicted octanol–water partition coefficient (Wildman–Crippen LogP) is 8.06. The van der Waals surface area contributed by atoms with Gasteiger partial charge in [-0.3, -0.25) is 28.1 Å². The summed E-state index contributed by atoms with van der Waals surface area (Å²) in [5, 5.41) is 31.7. The highest BCUT2D eigenvalue weighted by atomic mass is 16.2. The Bertz CT molecular complexity index is 2580. The third-order valence-electron chi connectivity index (χ3n) is 11.0. The topological polar surface area (TPSA) is 287 Å². The summed E-state index contributed by atoms with van der Waals surface area (Å²) in [6.45, 7) is 47.5. The smallest absolute Gasteiger partial charge is 0.294 e. The lowest BCUT2D eigenvalue weighted by Crippen LogP contribution is -2.28. The van der Waals surface area contributed by atoms with Gasteiger partial charge in [0.15, 0.2) is 0 Å². The molecule has 0 aliphatic rings. The third-order valence-corrected chi connectivity index (χ3v) is 11.0. The molecule has 0 spiro atoms. The summed E-state index contributed by atoms with van der Waals surface area (Å²) in [5.41, 5.74) is 2.95. The van der Waals surface area contributed by atoms with E-state index in [1.165, 1.54) is 22.0 Å². The largest absolute Gasteiger partial charge is 0.366 e. The molecular weight excluding hydrogens is 997 g/mol. The summed E-state index contributed by atoms with van der Waals surface area (Å²) in [5.74, 6) is 1.48. The standard InChI is InChI=1S/6C9H15N3O/c2*1-6(2)8-9(13)10-5-12(11-8)7(3)4;2*1-6(2)8-5-12(7(3)4)9(13)11-10-8;2*1-6(2)8-5-10-9(13)12(11-8)7(3)4/h6*5-7H,1-4H3. The minimum atomic E-state index is -0.278. The zero-order valence-electron chi connectivity index (χ0n) is 50.9. The van der Waals surface area contributed by atoms with Crippen molar-refractivity contribution in [2.75, 3.05) is 0 Å². The van der Waals surface area contributed by atoms with Crippen LogP contribution >= 0.6 is 0 Å². The number of hydrogen-bond acceptors (Lipinski definition) is 18. The molecule has 6 rings (SSSR count). The second kappa shape index (κ2) is 32.6. The number of rotatable bonds is 12. The summed E-state index contributed by atoms with van der Waals surface area (Å²) in [4.78, 5) is 82.5. The van der Waals surface area contributed by atoms with Crippen molar-refractivity contribution in [3.8, 4) is 0 Å². The van der Waals surface area contributed by atoms with Crippen LogP contribution in [0.5, 0.6) is 0 Å². The second-order valence-corrected chi connectivity index (χ2v) is 22.0. The minimum absolute atomic E-state index is 0.0682. The van der Waals surface area contributed by atoms with Crippen molar-refractivity contribution < 1.29 is 0 Å². The van der Waals surface area contributed by atoms with Crippen LogP contribution in [0.2, 0.25) is 0 Å². The molecule has 78 heavy (non-hydrogen) atoms. The van der Waals surface area contributed by atoms with Crippen LogP contribution in [0.4, 0.5) is 0 Å². The van der Waals surface area contributed by atoms with Gasteiger partial charge in [-0.05, 0) is 107 Å². The van der Waals surface area contributed by atoms with Gasteiger partial charge in [0.1, 0.15) is 24.0 Å². The first-order valence-electron chi connectivity index (χ1n) is 26.9. The molecule has 0 atom stereocenters. The van der Waals surface area contributed by atoms with Gasteiger partial charge in [-0.15, -0.1) is 10.2 Å². The zero-order chi connectivity index (χ0) is 60.0. The van der Waals surface area contributed by atoms with E-state index in [1.54, 1.807) is 43.3 Å². The fourth-order valence-electron chi connectivity index (χ4n) is 5.93. The average Bonchev–Trinajstić information content (AvgIpc) is 3.34. The van der Waals surface area contributed by atoms with Gasteiger partial charge in [0.05, 0.1) is 47.3 Å². The Morgan fingerprint density at radius 2 is 0.603 bits per heavy atom. The molecule has 0 amide bonds. The second-order valence-electron chi connectivity index (χ2n) is 22.0. The van der Waals surface area contributed by atoms with E-state index >= 15 is 0 Å². The fraction of sp³-hybridized carbons (Fsp3) is 0.667. The highest BCUT2D eigenvalue weighted by Gasteiger charge is 2.13. The number of aromatic nitrogens is 18. The average molecular weight is 1090 g/mol. The highest BCUT2D eigenvalue weighted by Crippen LogP contribution is 2.13. The molecule has 0 fully saturated rings. The van der Waals surface area contributed by atoms with Crippen LogP contribution in [0, 0.1) is 0 Å². The van der Waals surface area contributed by atoms with E-state index in [0.717, 1.165) is 22.8 Å². The van der Waals surface area contributed by atoms with Gasteiger partial charge in [0.2, 0.25) is 0 Å². The maximum absolute atomic E-state index is 11.2. The van der Waals surface area contributed by atoms with E-state index in [-0.39, 0.29) is 82.0 Å². The molecule has 0 unspecified atom stereocenters. The Labute approximate surface area is 459 Å². The van der Waals surface area contributed by atoms with Crippen molar-refractivity contribution in [3.63, 3.8) is 0 Å². The maximum Gasteiger partial charge on any atom is 0.366 e. The lowest BCUT2D eigenvalue weighted by atomic mass is 10.1. The Hall–Kier alpha value is -7.14. The van der Waals surface area contributed by atoms with Crippen LogP contribution in [-0.4, -0.2) is 88.6 Å². The third kappa shape index (κ3) is 22.4. The molecular formula is C54H90N18O6. The van der Waals surface area contributed by atoms with E-state index in [9.17, 15) is 28.8 Å². The molecule has 0 radical (unpaired) electrons. The molecule has 0 saturated carbocycles. The van der Waals surface area contributed by atoms with Crippen molar-refractivity contribution in [1.29, 1.82) is 0 Å². The molecule has 0 aromatic carbocycles. The lowest BCUT2D eigenvalue weighted by molar-refractivity contribution is 0.473. The Kier molecular flexibility index (Phi) is 28.8. The molecule has 432 valence electrons. The summed E-state index contributed by atoms with van der Waals surface area (Å²) < 4.78 is 9.43. The van der Waals surface area contributed by atoms with Crippen LogP contribution in [-0.2, 0) is 0 Å². The van der Waals surface area contributed by atoms with Gasteiger partial charge in [-0.25, -0.2) is 28.5 Å². The predicted molar refractivity (Wildman–Crippen MR) is 305 cm³/mol. The van der Waals surface area contributed by atoms with E-state index < -0.39 is 0 Å². The van der Waals surface area contributed by atoms with E-state index in [4.69, 9.17) is 0 Å². The molecule has 6 aromatic rings. The van der Waals surface area contributed by atoms with Gasteiger partial charge in [-0.2, -0.15) is 40.3 Å². The summed E-state index contributed by atoms with van der Waals surface area (Å²) in [7, 11) is 0. The molecule has 6 heterocycles. The van der Waals surface area contributed by atoms with Crippen molar-refractivity contribution in [2.24, 2.45) is 0 Å². The Morgan fingerprint density at radius 3 is 0.833 bits per heavy atom. The van der Waals surface area contributed by atoms with E-state index in [1.807, 2.05) is 166 Å². The van der Waals surface area contributed by atoms with Crippen molar-refractivity contribution in [3.05, 3.63) is 134 Å². The monoisotopic (exact) mass is 1090 g/mol. The van der Waals surface area contributed by atoms with Gasteiger partial charge < -0.3 is 0 Å². The van der Waals surface area contributed by atoms with Crippen LogP contribution < -0.4 is 33.9 Å². The van der Waals surface area contributed by atoms with E-state index in [2.05, 4.69) is 60.7 Å². The minimum Gasteiger partial charge on any atom is -0.294 e. The van der Waals surface area contributed by atoms with Gasteiger partial charge in [-0.1, -0.05) is 93.3 Å². The van der Waals surface area contributed by atoms with Crippen LogP contribution in [0.15, 0.2) is 66.2 Å². The van der Waals surface area contributed by atoms with Crippen LogP contribution in [0.3, 0.4) is 0 Å². The number of hydrogen-bond donors (Lipinski definition) is 0. The lowest BCUT2D eigenvalue weighted by Gasteiger charge is -2.10. The summed E-state index contributed by atoms with van der Waals surface area (Å²) >= 11 is 0. The van der Waals surface area contributed by atoms with Crippen LogP contribution in [0.25, 0.3) is 0 Å². The molecule has 24 heteroatoms. The molecule has 0 aliphatic heterocycles.